The number of methoxy groups -OCH3 is 1. The molecule has 0 saturated carbocycles. The summed E-state index contributed by atoms with van der Waals surface area (Å²) in [7, 11) is -2.14. The lowest BCUT2D eigenvalue weighted by Crippen LogP contribution is -2.31. The summed E-state index contributed by atoms with van der Waals surface area (Å²) in [4.78, 5) is 14.2. The van der Waals surface area contributed by atoms with Crippen LogP contribution in [-0.2, 0) is 14.8 Å². The van der Waals surface area contributed by atoms with Gasteiger partial charge >= 0.3 is 0 Å². The third kappa shape index (κ3) is 4.15. The molecule has 0 unspecified atom stereocenters. The minimum atomic E-state index is -3.72. The van der Waals surface area contributed by atoms with E-state index in [1.54, 1.807) is 30.2 Å². The van der Waals surface area contributed by atoms with Crippen LogP contribution >= 0.6 is 0 Å². The molecule has 0 radical (unpaired) electrons. The Balaban J connectivity index is 1.40. The fourth-order valence-corrected chi connectivity index (χ4v) is 4.56. The fourth-order valence-electron chi connectivity index (χ4n) is 3.43. The number of rotatable bonds is 6. The molecule has 4 rings (SSSR count). The first-order valence-electron chi connectivity index (χ1n) is 9.30. The zero-order valence-corrected chi connectivity index (χ0v) is 16.8. The minimum Gasteiger partial charge on any atom is -0.497 e. The quantitative estimate of drug-likeness (QED) is 0.769. The zero-order chi connectivity index (χ0) is 20.4. The van der Waals surface area contributed by atoms with Crippen molar-refractivity contribution < 1.29 is 27.4 Å². The van der Waals surface area contributed by atoms with E-state index in [2.05, 4.69) is 4.72 Å². The van der Waals surface area contributed by atoms with Crippen molar-refractivity contribution in [2.45, 2.75) is 11.3 Å². The number of hydrogen-bond donors (Lipinski definition) is 1. The van der Waals surface area contributed by atoms with E-state index < -0.39 is 10.0 Å². The van der Waals surface area contributed by atoms with Gasteiger partial charge in [0, 0.05) is 31.3 Å². The van der Waals surface area contributed by atoms with Crippen molar-refractivity contribution in [2.24, 2.45) is 5.92 Å². The van der Waals surface area contributed by atoms with Gasteiger partial charge in [-0.3, -0.25) is 4.79 Å². The van der Waals surface area contributed by atoms with Crippen molar-refractivity contribution in [3.63, 3.8) is 0 Å². The first-order valence-corrected chi connectivity index (χ1v) is 10.8. The molecule has 0 aromatic heterocycles. The van der Waals surface area contributed by atoms with Crippen LogP contribution in [0, 0.1) is 5.92 Å². The average molecular weight is 418 g/mol. The minimum absolute atomic E-state index is 0.0290. The number of hydrogen-bond acceptors (Lipinski definition) is 6. The summed E-state index contributed by atoms with van der Waals surface area (Å²) in [6, 6.07) is 11.8. The molecule has 29 heavy (non-hydrogen) atoms. The summed E-state index contributed by atoms with van der Waals surface area (Å²) in [6.45, 7) is 1.46. The van der Waals surface area contributed by atoms with E-state index in [1.807, 2.05) is 12.1 Å². The van der Waals surface area contributed by atoms with E-state index in [9.17, 15) is 13.2 Å². The molecule has 2 aliphatic heterocycles. The van der Waals surface area contributed by atoms with Gasteiger partial charge in [-0.2, -0.15) is 0 Å². The molecule has 1 atom stereocenters. The lowest BCUT2D eigenvalue weighted by molar-refractivity contribution is -0.117. The second-order valence-corrected chi connectivity index (χ2v) is 8.70. The molecular formula is C20H22N2O6S. The molecule has 0 bridgehead atoms. The fraction of sp³-hybridized carbons (Fsp3) is 0.350. The molecule has 0 aliphatic carbocycles. The molecule has 1 saturated heterocycles. The first kappa shape index (κ1) is 19.5. The number of benzene rings is 2. The van der Waals surface area contributed by atoms with Crippen LogP contribution in [0.3, 0.4) is 0 Å². The highest BCUT2D eigenvalue weighted by Gasteiger charge is 2.31. The van der Waals surface area contributed by atoms with E-state index in [1.165, 1.54) is 12.1 Å². The average Bonchev–Trinajstić information content (AvgIpc) is 3.12. The maximum Gasteiger partial charge on any atom is 0.240 e. The third-order valence-electron chi connectivity index (χ3n) is 4.98. The van der Waals surface area contributed by atoms with E-state index in [-0.39, 0.29) is 29.7 Å². The largest absolute Gasteiger partial charge is 0.497 e. The topological polar surface area (TPSA) is 94.2 Å². The third-order valence-corrected chi connectivity index (χ3v) is 6.40. The Kier molecular flexibility index (Phi) is 5.33. The molecule has 8 nitrogen and oxygen atoms in total. The normalized spacial score (nSPS) is 18.7. The Hall–Kier alpha value is -2.78. The van der Waals surface area contributed by atoms with Crippen molar-refractivity contribution in [3.8, 4) is 17.2 Å². The lowest BCUT2D eigenvalue weighted by Gasteiger charge is -2.19. The van der Waals surface area contributed by atoms with Crippen molar-refractivity contribution in [1.82, 2.24) is 4.72 Å². The van der Waals surface area contributed by atoms with Crippen LogP contribution in [0.4, 0.5) is 5.69 Å². The van der Waals surface area contributed by atoms with Gasteiger partial charge in [0.2, 0.25) is 15.9 Å². The zero-order valence-electron chi connectivity index (χ0n) is 16.0. The molecule has 1 fully saturated rings. The SMILES string of the molecule is COc1ccc(N2C[C@@H](CNS(=O)(=O)c3ccc4c(c3)OCCO4)CC2=O)cc1. The Morgan fingerprint density at radius 3 is 2.55 bits per heavy atom. The van der Waals surface area contributed by atoms with Gasteiger partial charge in [-0.25, -0.2) is 13.1 Å². The molecule has 154 valence electrons. The second kappa shape index (κ2) is 7.92. The number of carbonyl (C=O) groups excluding carboxylic acids is 1. The molecule has 9 heteroatoms. The Morgan fingerprint density at radius 1 is 1.10 bits per heavy atom. The van der Waals surface area contributed by atoms with Gasteiger partial charge in [0.05, 0.1) is 12.0 Å². The molecular weight excluding hydrogens is 396 g/mol. The predicted octanol–water partition coefficient (Wildman–Crippen LogP) is 1.80. The smallest absolute Gasteiger partial charge is 0.240 e. The molecule has 2 heterocycles. The van der Waals surface area contributed by atoms with E-state index in [4.69, 9.17) is 14.2 Å². The maximum atomic E-state index is 12.7. The van der Waals surface area contributed by atoms with Gasteiger partial charge in [0.15, 0.2) is 11.5 Å². The van der Waals surface area contributed by atoms with Gasteiger partial charge in [-0.15, -0.1) is 0 Å². The summed E-state index contributed by atoms with van der Waals surface area (Å²) in [6.07, 6.45) is 0.287. The van der Waals surface area contributed by atoms with Gasteiger partial charge in [0.1, 0.15) is 19.0 Å². The molecule has 0 spiro atoms. The number of fused-ring (bicyclic) bond motifs is 1. The predicted molar refractivity (Wildman–Crippen MR) is 106 cm³/mol. The number of anilines is 1. The highest BCUT2D eigenvalue weighted by atomic mass is 32.2. The lowest BCUT2D eigenvalue weighted by atomic mass is 10.1. The standard InChI is InChI=1S/C20H22N2O6S/c1-26-16-4-2-15(3-5-16)22-13-14(10-20(22)23)12-21-29(24,25)17-6-7-18-19(11-17)28-9-8-27-18/h2-7,11,14,21H,8-10,12-13H2,1H3/t14-/m1/s1. The Labute approximate surface area is 169 Å². The van der Waals surface area contributed by atoms with Crippen molar-refractivity contribution in [1.29, 1.82) is 0 Å². The van der Waals surface area contributed by atoms with E-state index >= 15 is 0 Å². The number of carbonyl (C=O) groups is 1. The molecule has 2 aromatic carbocycles. The summed E-state index contributed by atoms with van der Waals surface area (Å²) < 4.78 is 43.9. The van der Waals surface area contributed by atoms with Gasteiger partial charge in [-0.05, 0) is 42.3 Å². The summed E-state index contributed by atoms with van der Waals surface area (Å²) in [5.41, 5.74) is 0.771. The first-order chi connectivity index (χ1) is 14.0. The molecule has 1 amide bonds. The number of nitrogens with one attached hydrogen (secondary N) is 1. The van der Waals surface area contributed by atoms with E-state index in [0.717, 1.165) is 5.69 Å². The number of nitrogens with zero attached hydrogens (tertiary/aromatic N) is 1. The van der Waals surface area contributed by atoms with Crippen LogP contribution in [0.2, 0.25) is 0 Å². The summed E-state index contributed by atoms with van der Waals surface area (Å²) >= 11 is 0. The molecule has 1 N–H and O–H groups in total. The maximum absolute atomic E-state index is 12.7. The van der Waals surface area contributed by atoms with E-state index in [0.29, 0.717) is 37.0 Å². The van der Waals surface area contributed by atoms with Gasteiger partial charge < -0.3 is 19.1 Å². The monoisotopic (exact) mass is 418 g/mol. The van der Waals surface area contributed by atoms with Crippen LogP contribution in [0.5, 0.6) is 17.2 Å². The summed E-state index contributed by atoms with van der Waals surface area (Å²) in [5.74, 6) is 1.52. The Bertz CT molecular complexity index is 1010. The Morgan fingerprint density at radius 2 is 1.83 bits per heavy atom. The second-order valence-electron chi connectivity index (χ2n) is 6.93. The van der Waals surface area contributed by atoms with Crippen LogP contribution in [0.25, 0.3) is 0 Å². The highest BCUT2D eigenvalue weighted by molar-refractivity contribution is 7.89. The number of ether oxygens (including phenoxy) is 3. The summed E-state index contributed by atoms with van der Waals surface area (Å²) in [5, 5.41) is 0. The highest BCUT2D eigenvalue weighted by Crippen LogP contribution is 2.32. The van der Waals surface area contributed by atoms with Crippen LogP contribution in [0.15, 0.2) is 47.4 Å². The van der Waals surface area contributed by atoms with Crippen molar-refractivity contribution >= 4 is 21.6 Å². The van der Waals surface area contributed by atoms with Crippen molar-refractivity contribution in [3.05, 3.63) is 42.5 Å². The van der Waals surface area contributed by atoms with Gasteiger partial charge in [-0.1, -0.05) is 0 Å². The van der Waals surface area contributed by atoms with Crippen LogP contribution in [0.1, 0.15) is 6.42 Å². The molecule has 2 aliphatic rings. The van der Waals surface area contributed by atoms with Crippen LogP contribution in [-0.4, -0.2) is 47.7 Å². The number of sulfonamides is 1. The van der Waals surface area contributed by atoms with Gasteiger partial charge in [0.25, 0.3) is 0 Å². The number of amides is 1. The molecule has 2 aromatic rings. The van der Waals surface area contributed by atoms with Crippen LogP contribution < -0.4 is 23.8 Å². The van der Waals surface area contributed by atoms with Crippen molar-refractivity contribution in [2.75, 3.05) is 38.3 Å².